The second kappa shape index (κ2) is 4.73. The first-order valence-corrected chi connectivity index (χ1v) is 4.93. The second-order valence-electron chi connectivity index (χ2n) is 3.32. The number of aromatic amines is 2. The normalized spacial score (nSPS) is 9.89. The van der Waals surface area contributed by atoms with Gasteiger partial charge in [-0.15, -0.1) is 0 Å². The number of aliphatic hydroxyl groups excluding tert-OH is 1. The Morgan fingerprint density at radius 2 is 1.94 bits per heavy atom. The molecule has 0 fully saturated rings. The van der Waals surface area contributed by atoms with Gasteiger partial charge in [0, 0.05) is 0 Å². The van der Waals surface area contributed by atoms with Gasteiger partial charge in [-0.05, 0) is 18.2 Å². The molecular weight excluding hydrogens is 241 g/mol. The standard InChI is InChI=1S/C11H8FN3O3/c12-9-6-8(4-3-7(9)2-1-5-16)15-10(17)13-14-11(15)18/h3-4,6,16H,5H2,(H,13,17)(H,14,18). The van der Waals surface area contributed by atoms with Gasteiger partial charge in [-0.25, -0.2) is 28.7 Å². The fraction of sp³-hybridized carbons (Fsp3) is 0.0909. The van der Waals surface area contributed by atoms with E-state index in [1.165, 1.54) is 12.1 Å². The summed E-state index contributed by atoms with van der Waals surface area (Å²) >= 11 is 0. The maximum atomic E-state index is 13.6. The molecule has 2 rings (SSSR count). The highest BCUT2D eigenvalue weighted by Gasteiger charge is 2.08. The Labute approximate surface area is 99.7 Å². The molecule has 1 aromatic heterocycles. The zero-order valence-corrected chi connectivity index (χ0v) is 9.03. The number of H-pyrrole nitrogens is 2. The highest BCUT2D eigenvalue weighted by atomic mass is 19.1. The van der Waals surface area contributed by atoms with Gasteiger partial charge in [0.2, 0.25) is 0 Å². The van der Waals surface area contributed by atoms with Crippen LogP contribution in [0.5, 0.6) is 0 Å². The van der Waals surface area contributed by atoms with Crippen molar-refractivity contribution in [2.45, 2.75) is 0 Å². The van der Waals surface area contributed by atoms with Gasteiger partial charge in [0.1, 0.15) is 12.4 Å². The second-order valence-corrected chi connectivity index (χ2v) is 3.32. The summed E-state index contributed by atoms with van der Waals surface area (Å²) in [6.07, 6.45) is 0. The van der Waals surface area contributed by atoms with Crippen LogP contribution in [0.15, 0.2) is 27.8 Å². The van der Waals surface area contributed by atoms with Crippen molar-refractivity contribution in [2.24, 2.45) is 0 Å². The minimum Gasteiger partial charge on any atom is -0.384 e. The summed E-state index contributed by atoms with van der Waals surface area (Å²) in [5.74, 6) is 4.03. The number of hydrogen-bond acceptors (Lipinski definition) is 3. The molecule has 0 unspecified atom stereocenters. The largest absolute Gasteiger partial charge is 0.384 e. The summed E-state index contributed by atoms with van der Waals surface area (Å²) in [6.45, 7) is -0.377. The monoisotopic (exact) mass is 249 g/mol. The molecule has 0 aliphatic heterocycles. The Balaban J connectivity index is 2.54. The molecule has 92 valence electrons. The third-order valence-corrected chi connectivity index (χ3v) is 2.20. The zero-order valence-electron chi connectivity index (χ0n) is 9.03. The van der Waals surface area contributed by atoms with Gasteiger partial charge >= 0.3 is 11.4 Å². The van der Waals surface area contributed by atoms with Crippen LogP contribution >= 0.6 is 0 Å². The molecule has 0 amide bonds. The summed E-state index contributed by atoms with van der Waals surface area (Å²) in [7, 11) is 0. The molecule has 1 aromatic carbocycles. The highest BCUT2D eigenvalue weighted by Crippen LogP contribution is 2.10. The molecule has 2 aromatic rings. The van der Waals surface area contributed by atoms with Gasteiger partial charge in [0.05, 0.1) is 11.3 Å². The van der Waals surface area contributed by atoms with Gasteiger partial charge in [0.15, 0.2) is 0 Å². The van der Waals surface area contributed by atoms with Crippen molar-refractivity contribution in [1.29, 1.82) is 0 Å². The number of halogens is 1. The predicted molar refractivity (Wildman–Crippen MR) is 60.9 cm³/mol. The van der Waals surface area contributed by atoms with E-state index >= 15 is 0 Å². The third-order valence-electron chi connectivity index (χ3n) is 2.20. The number of nitrogens with zero attached hydrogens (tertiary/aromatic N) is 1. The van der Waals surface area contributed by atoms with Gasteiger partial charge in [-0.1, -0.05) is 11.8 Å². The van der Waals surface area contributed by atoms with Crippen LogP contribution in [0.1, 0.15) is 5.56 Å². The van der Waals surface area contributed by atoms with Gasteiger partial charge in [-0.2, -0.15) is 0 Å². The quantitative estimate of drug-likeness (QED) is 0.586. The van der Waals surface area contributed by atoms with E-state index in [1.54, 1.807) is 0 Å². The molecule has 0 bridgehead atoms. The van der Waals surface area contributed by atoms with Crippen LogP contribution in [0.2, 0.25) is 0 Å². The van der Waals surface area contributed by atoms with Crippen LogP contribution in [-0.2, 0) is 0 Å². The van der Waals surface area contributed by atoms with E-state index < -0.39 is 17.2 Å². The molecule has 0 saturated heterocycles. The predicted octanol–water partition coefficient (Wildman–Crippen LogP) is -0.663. The lowest BCUT2D eigenvalue weighted by Crippen LogP contribution is -2.24. The van der Waals surface area contributed by atoms with Crippen LogP contribution in [0.4, 0.5) is 4.39 Å². The molecule has 3 N–H and O–H groups in total. The lowest BCUT2D eigenvalue weighted by Gasteiger charge is -2.00. The van der Waals surface area contributed by atoms with Crippen molar-refractivity contribution in [1.82, 2.24) is 14.8 Å². The lowest BCUT2D eigenvalue weighted by atomic mass is 10.2. The van der Waals surface area contributed by atoms with E-state index in [1.807, 2.05) is 0 Å². The van der Waals surface area contributed by atoms with Gasteiger partial charge in [-0.3, -0.25) is 0 Å². The van der Waals surface area contributed by atoms with Crippen LogP contribution in [0.3, 0.4) is 0 Å². The van der Waals surface area contributed by atoms with E-state index in [2.05, 4.69) is 22.0 Å². The molecule has 7 heteroatoms. The topological polar surface area (TPSA) is 90.9 Å². The molecule has 0 aliphatic carbocycles. The Kier molecular flexibility index (Phi) is 3.12. The number of aromatic nitrogens is 3. The molecule has 0 saturated carbocycles. The lowest BCUT2D eigenvalue weighted by molar-refractivity contribution is 0.350. The molecule has 1 heterocycles. The molecule has 0 radical (unpaired) electrons. The average Bonchev–Trinajstić information content (AvgIpc) is 2.68. The molecule has 0 atom stereocenters. The number of aliphatic hydroxyl groups is 1. The minimum atomic E-state index is -0.686. The molecule has 0 spiro atoms. The van der Waals surface area contributed by atoms with E-state index in [4.69, 9.17) is 5.11 Å². The SMILES string of the molecule is O=c1[nH][nH]c(=O)n1-c1ccc(C#CCO)c(F)c1. The number of hydrogen-bond donors (Lipinski definition) is 3. The summed E-state index contributed by atoms with van der Waals surface area (Å²) < 4.78 is 14.4. The molecule has 18 heavy (non-hydrogen) atoms. The van der Waals surface area contributed by atoms with Crippen LogP contribution in [0.25, 0.3) is 5.69 Å². The van der Waals surface area contributed by atoms with Crippen molar-refractivity contribution in [3.63, 3.8) is 0 Å². The fourth-order valence-electron chi connectivity index (χ4n) is 1.42. The first-order valence-electron chi connectivity index (χ1n) is 4.93. The Bertz CT molecular complexity index is 718. The number of benzene rings is 1. The smallest absolute Gasteiger partial charge is 0.348 e. The maximum absolute atomic E-state index is 13.6. The van der Waals surface area contributed by atoms with E-state index in [0.717, 1.165) is 10.6 Å². The van der Waals surface area contributed by atoms with Crippen molar-refractivity contribution >= 4 is 0 Å². The first kappa shape index (κ1) is 11.9. The van der Waals surface area contributed by atoms with Crippen molar-refractivity contribution in [3.05, 3.63) is 50.5 Å². The number of rotatable bonds is 1. The zero-order chi connectivity index (χ0) is 13.1. The van der Waals surface area contributed by atoms with Crippen molar-refractivity contribution in [2.75, 3.05) is 6.61 Å². The van der Waals surface area contributed by atoms with Crippen molar-refractivity contribution in [3.8, 4) is 17.5 Å². The number of nitrogens with one attached hydrogen (secondary N) is 2. The summed E-state index contributed by atoms with van der Waals surface area (Å²) in [4.78, 5) is 22.6. The molecule has 0 aliphatic rings. The highest BCUT2D eigenvalue weighted by molar-refractivity contribution is 5.42. The first-order chi connectivity index (χ1) is 8.63. The summed E-state index contributed by atoms with van der Waals surface area (Å²) in [6, 6.07) is 3.73. The van der Waals surface area contributed by atoms with E-state index in [9.17, 15) is 14.0 Å². The summed E-state index contributed by atoms with van der Waals surface area (Å²) in [5.41, 5.74) is -1.20. The van der Waals surface area contributed by atoms with Crippen LogP contribution in [-0.4, -0.2) is 26.5 Å². The molecular formula is C11H8FN3O3. The molecule has 6 nitrogen and oxygen atoms in total. The van der Waals surface area contributed by atoms with Crippen LogP contribution < -0.4 is 11.4 Å². The maximum Gasteiger partial charge on any atom is 0.348 e. The van der Waals surface area contributed by atoms with E-state index in [-0.39, 0.29) is 17.9 Å². The Morgan fingerprint density at radius 1 is 1.28 bits per heavy atom. The van der Waals surface area contributed by atoms with Gasteiger partial charge < -0.3 is 5.11 Å². The van der Waals surface area contributed by atoms with E-state index in [0.29, 0.717) is 0 Å². The Hall–Kier alpha value is -2.59. The Morgan fingerprint density at radius 3 is 2.50 bits per heavy atom. The fourth-order valence-corrected chi connectivity index (χ4v) is 1.42. The minimum absolute atomic E-state index is 0.0767. The van der Waals surface area contributed by atoms with Crippen LogP contribution in [0, 0.1) is 17.7 Å². The average molecular weight is 249 g/mol. The van der Waals surface area contributed by atoms with Crippen molar-refractivity contribution < 1.29 is 9.50 Å². The third kappa shape index (κ3) is 2.09. The van der Waals surface area contributed by atoms with Gasteiger partial charge in [0.25, 0.3) is 0 Å². The summed E-state index contributed by atoms with van der Waals surface area (Å²) in [5, 5.41) is 12.7.